The lowest BCUT2D eigenvalue weighted by atomic mass is 9.96. The smallest absolute Gasteiger partial charge is 0.223 e. The van der Waals surface area contributed by atoms with E-state index in [1.165, 1.54) is 19.3 Å². The number of hydrogen-bond donors (Lipinski definition) is 2. The third kappa shape index (κ3) is 3.51. The predicted molar refractivity (Wildman–Crippen MR) is 63.3 cm³/mol. The van der Waals surface area contributed by atoms with Gasteiger partial charge in [0.15, 0.2) is 5.82 Å². The highest BCUT2D eigenvalue weighted by atomic mass is 16.5. The normalized spacial score (nSPS) is 25.8. The highest BCUT2D eigenvalue weighted by Gasteiger charge is 2.22. The van der Waals surface area contributed by atoms with Gasteiger partial charge in [0, 0.05) is 19.6 Å². The first-order chi connectivity index (χ1) is 8.29. The zero-order valence-electron chi connectivity index (χ0n) is 10.4. The molecule has 0 bridgehead atoms. The number of nitrogens with zero attached hydrogens (tertiary/aromatic N) is 2. The van der Waals surface area contributed by atoms with E-state index in [4.69, 9.17) is 4.52 Å². The molecule has 0 saturated heterocycles. The molecular formula is C12H21N3O2. The molecule has 1 heterocycles. The number of aliphatic hydroxyl groups is 1. The maximum Gasteiger partial charge on any atom is 0.223 e. The van der Waals surface area contributed by atoms with Crippen molar-refractivity contribution in [2.75, 3.05) is 6.61 Å². The molecule has 2 N–H and O–H groups in total. The summed E-state index contributed by atoms with van der Waals surface area (Å²) in [6.45, 7) is 2.68. The van der Waals surface area contributed by atoms with Crippen LogP contribution in [0.25, 0.3) is 0 Å². The number of hydrogen-bond acceptors (Lipinski definition) is 5. The highest BCUT2D eigenvalue weighted by molar-refractivity contribution is 4.86. The van der Waals surface area contributed by atoms with E-state index >= 15 is 0 Å². The number of aromatic nitrogens is 2. The first-order valence-corrected chi connectivity index (χ1v) is 6.43. The Morgan fingerprint density at radius 3 is 2.88 bits per heavy atom. The third-order valence-corrected chi connectivity index (χ3v) is 3.49. The molecule has 1 fully saturated rings. The van der Waals surface area contributed by atoms with Crippen molar-refractivity contribution >= 4 is 0 Å². The molecule has 5 nitrogen and oxygen atoms in total. The summed E-state index contributed by atoms with van der Waals surface area (Å²) in [5, 5.41) is 16.7. The minimum absolute atomic E-state index is 0.267. The van der Waals surface area contributed by atoms with Gasteiger partial charge in [-0.05, 0) is 18.8 Å². The Morgan fingerprint density at radius 2 is 2.18 bits per heavy atom. The standard InChI is InChI=1S/C12H21N3O2/c1-9-14-12(15-17-9)7-13-11-6-4-2-3-5-10(11)8-16/h10-11,13,16H,2-8H2,1H3/t10-,11+/m0/s1. The van der Waals surface area contributed by atoms with Gasteiger partial charge in [-0.2, -0.15) is 4.98 Å². The van der Waals surface area contributed by atoms with Crippen LogP contribution in [0.2, 0.25) is 0 Å². The lowest BCUT2D eigenvalue weighted by Crippen LogP contribution is -2.37. The molecule has 0 amide bonds. The number of aryl methyl sites for hydroxylation is 1. The highest BCUT2D eigenvalue weighted by Crippen LogP contribution is 2.23. The molecule has 1 aromatic rings. The van der Waals surface area contributed by atoms with E-state index in [1.807, 2.05) is 0 Å². The maximum absolute atomic E-state index is 9.40. The fourth-order valence-corrected chi connectivity index (χ4v) is 2.51. The van der Waals surface area contributed by atoms with Crippen molar-refractivity contribution in [2.45, 2.75) is 51.6 Å². The average molecular weight is 239 g/mol. The van der Waals surface area contributed by atoms with Crippen LogP contribution in [0.4, 0.5) is 0 Å². The van der Waals surface area contributed by atoms with Gasteiger partial charge in [0.05, 0.1) is 6.54 Å². The van der Waals surface area contributed by atoms with E-state index in [1.54, 1.807) is 6.92 Å². The van der Waals surface area contributed by atoms with Crippen LogP contribution in [0, 0.1) is 12.8 Å². The van der Waals surface area contributed by atoms with E-state index in [9.17, 15) is 5.11 Å². The largest absolute Gasteiger partial charge is 0.396 e. The Hall–Kier alpha value is -0.940. The molecule has 2 rings (SSSR count). The Balaban J connectivity index is 1.87. The second kappa shape index (κ2) is 6.12. The minimum atomic E-state index is 0.267. The molecule has 5 heteroatoms. The van der Waals surface area contributed by atoms with Crippen LogP contribution in [0.1, 0.15) is 43.8 Å². The molecule has 1 aliphatic rings. The molecule has 1 aliphatic carbocycles. The lowest BCUT2D eigenvalue weighted by Gasteiger charge is -2.23. The monoisotopic (exact) mass is 239 g/mol. The van der Waals surface area contributed by atoms with Gasteiger partial charge in [-0.15, -0.1) is 0 Å². The minimum Gasteiger partial charge on any atom is -0.396 e. The van der Waals surface area contributed by atoms with Crippen molar-refractivity contribution in [1.82, 2.24) is 15.5 Å². The van der Waals surface area contributed by atoms with Gasteiger partial charge in [-0.1, -0.05) is 24.4 Å². The van der Waals surface area contributed by atoms with Crippen molar-refractivity contribution in [3.05, 3.63) is 11.7 Å². The van der Waals surface area contributed by atoms with Crippen molar-refractivity contribution in [1.29, 1.82) is 0 Å². The first-order valence-electron chi connectivity index (χ1n) is 6.43. The number of aliphatic hydroxyl groups excluding tert-OH is 1. The molecular weight excluding hydrogens is 218 g/mol. The van der Waals surface area contributed by atoms with Gasteiger partial charge in [0.1, 0.15) is 0 Å². The second-order valence-corrected chi connectivity index (χ2v) is 4.80. The van der Waals surface area contributed by atoms with Crippen molar-refractivity contribution in [3.8, 4) is 0 Å². The summed E-state index contributed by atoms with van der Waals surface area (Å²) in [6.07, 6.45) is 5.97. The molecule has 0 spiro atoms. The summed E-state index contributed by atoms with van der Waals surface area (Å²) in [4.78, 5) is 4.17. The van der Waals surface area contributed by atoms with Crippen molar-refractivity contribution in [3.63, 3.8) is 0 Å². The summed E-state index contributed by atoms with van der Waals surface area (Å²) in [5.41, 5.74) is 0. The quantitative estimate of drug-likeness (QED) is 0.777. The van der Waals surface area contributed by atoms with Crippen LogP contribution >= 0.6 is 0 Å². The molecule has 1 saturated carbocycles. The van der Waals surface area contributed by atoms with Gasteiger partial charge in [0.25, 0.3) is 0 Å². The van der Waals surface area contributed by atoms with Gasteiger partial charge < -0.3 is 14.9 Å². The zero-order valence-corrected chi connectivity index (χ0v) is 10.4. The summed E-state index contributed by atoms with van der Waals surface area (Å²) in [7, 11) is 0. The summed E-state index contributed by atoms with van der Waals surface area (Å²) < 4.78 is 4.93. The molecule has 0 radical (unpaired) electrons. The molecule has 0 unspecified atom stereocenters. The van der Waals surface area contributed by atoms with Crippen LogP contribution in [-0.2, 0) is 6.54 Å². The van der Waals surface area contributed by atoms with Gasteiger partial charge in [-0.3, -0.25) is 0 Å². The second-order valence-electron chi connectivity index (χ2n) is 4.80. The van der Waals surface area contributed by atoms with E-state index in [0.29, 0.717) is 30.2 Å². The first kappa shape index (κ1) is 12.5. The van der Waals surface area contributed by atoms with Crippen LogP contribution < -0.4 is 5.32 Å². The van der Waals surface area contributed by atoms with Gasteiger partial charge >= 0.3 is 0 Å². The topological polar surface area (TPSA) is 71.2 Å². The SMILES string of the molecule is Cc1nc(CN[C@@H]2CCCCC[C@H]2CO)no1. The fourth-order valence-electron chi connectivity index (χ4n) is 2.51. The van der Waals surface area contributed by atoms with Crippen molar-refractivity contribution < 1.29 is 9.63 Å². The predicted octanol–water partition coefficient (Wildman–Crippen LogP) is 1.41. The van der Waals surface area contributed by atoms with Crippen LogP contribution in [0.3, 0.4) is 0 Å². The Morgan fingerprint density at radius 1 is 1.35 bits per heavy atom. The Kier molecular flexibility index (Phi) is 4.50. The molecule has 96 valence electrons. The maximum atomic E-state index is 9.40. The number of nitrogens with one attached hydrogen (secondary N) is 1. The Bertz CT molecular complexity index is 340. The summed E-state index contributed by atoms with van der Waals surface area (Å²) >= 11 is 0. The number of rotatable bonds is 4. The van der Waals surface area contributed by atoms with E-state index in [0.717, 1.165) is 12.8 Å². The summed E-state index contributed by atoms with van der Waals surface area (Å²) in [5.74, 6) is 1.66. The fraction of sp³-hybridized carbons (Fsp3) is 0.833. The molecule has 17 heavy (non-hydrogen) atoms. The van der Waals surface area contributed by atoms with Crippen LogP contribution in [0.5, 0.6) is 0 Å². The average Bonchev–Trinajstić information content (AvgIpc) is 2.63. The van der Waals surface area contributed by atoms with Gasteiger partial charge in [-0.25, -0.2) is 0 Å². The molecule has 0 aliphatic heterocycles. The summed E-state index contributed by atoms with van der Waals surface area (Å²) in [6, 6.07) is 0.376. The third-order valence-electron chi connectivity index (χ3n) is 3.49. The molecule has 1 aromatic heterocycles. The van der Waals surface area contributed by atoms with Crippen molar-refractivity contribution in [2.24, 2.45) is 5.92 Å². The van der Waals surface area contributed by atoms with Crippen LogP contribution in [-0.4, -0.2) is 27.9 Å². The van der Waals surface area contributed by atoms with E-state index in [2.05, 4.69) is 15.5 Å². The Labute approximate surface area is 102 Å². The molecule has 0 aromatic carbocycles. The van der Waals surface area contributed by atoms with Crippen LogP contribution in [0.15, 0.2) is 4.52 Å². The lowest BCUT2D eigenvalue weighted by molar-refractivity contribution is 0.180. The van der Waals surface area contributed by atoms with E-state index in [-0.39, 0.29) is 6.61 Å². The van der Waals surface area contributed by atoms with Gasteiger partial charge in [0.2, 0.25) is 5.89 Å². The van der Waals surface area contributed by atoms with E-state index < -0.39 is 0 Å². The zero-order chi connectivity index (χ0) is 12.1. The molecule has 2 atom stereocenters.